The van der Waals surface area contributed by atoms with Crippen molar-refractivity contribution in [3.8, 4) is 0 Å². The lowest BCUT2D eigenvalue weighted by molar-refractivity contribution is -0.128. The fourth-order valence-corrected chi connectivity index (χ4v) is 3.38. The number of carbonyl (C=O) groups excluding carboxylic acids is 1. The van der Waals surface area contributed by atoms with Gasteiger partial charge < -0.3 is 15.7 Å². The zero-order chi connectivity index (χ0) is 13.9. The van der Waals surface area contributed by atoms with Gasteiger partial charge in [0.05, 0.1) is 18.2 Å². The Kier molecular flexibility index (Phi) is 4.85. The molecule has 2 rings (SSSR count). The molecule has 0 aromatic carbocycles. The number of piperidine rings is 1. The Morgan fingerprint density at radius 2 is 1.95 bits per heavy atom. The van der Waals surface area contributed by atoms with Crippen molar-refractivity contribution in [2.24, 2.45) is 5.41 Å². The zero-order valence-electron chi connectivity index (χ0n) is 12.2. The molecule has 1 saturated heterocycles. The van der Waals surface area contributed by atoms with E-state index in [4.69, 9.17) is 0 Å². The number of hydrogen-bond donors (Lipinski definition) is 3. The predicted molar refractivity (Wildman–Crippen MR) is 75.8 cm³/mol. The first-order valence-corrected chi connectivity index (χ1v) is 7.72. The molecule has 4 heteroatoms. The van der Waals surface area contributed by atoms with Crippen molar-refractivity contribution in [1.29, 1.82) is 0 Å². The van der Waals surface area contributed by atoms with E-state index in [9.17, 15) is 9.90 Å². The van der Waals surface area contributed by atoms with Gasteiger partial charge in [0, 0.05) is 0 Å². The quantitative estimate of drug-likeness (QED) is 0.666. The van der Waals surface area contributed by atoms with Crippen molar-refractivity contribution < 1.29 is 9.90 Å². The van der Waals surface area contributed by atoms with Crippen LogP contribution >= 0.6 is 0 Å². The Balaban J connectivity index is 1.95. The Bertz CT molecular complexity index is 317. The summed E-state index contributed by atoms with van der Waals surface area (Å²) in [6.45, 7) is 5.20. The second-order valence-electron chi connectivity index (χ2n) is 6.80. The lowest BCUT2D eigenvalue weighted by Crippen LogP contribution is -2.58. The molecule has 1 aliphatic heterocycles. The maximum absolute atomic E-state index is 12.5. The summed E-state index contributed by atoms with van der Waals surface area (Å²) < 4.78 is 0. The predicted octanol–water partition coefficient (Wildman–Crippen LogP) is 1.57. The van der Waals surface area contributed by atoms with Crippen LogP contribution in [0.2, 0.25) is 0 Å². The highest BCUT2D eigenvalue weighted by Crippen LogP contribution is 2.30. The number of carbonyl (C=O) groups is 1. The van der Waals surface area contributed by atoms with Gasteiger partial charge in [-0.15, -0.1) is 0 Å². The van der Waals surface area contributed by atoms with Crippen molar-refractivity contribution in [3.63, 3.8) is 0 Å². The summed E-state index contributed by atoms with van der Waals surface area (Å²) >= 11 is 0. The highest BCUT2D eigenvalue weighted by Gasteiger charge is 2.38. The van der Waals surface area contributed by atoms with E-state index in [1.54, 1.807) is 0 Å². The first kappa shape index (κ1) is 14.8. The van der Waals surface area contributed by atoms with Crippen molar-refractivity contribution >= 4 is 5.91 Å². The van der Waals surface area contributed by atoms with Gasteiger partial charge in [-0.3, -0.25) is 4.79 Å². The first-order valence-electron chi connectivity index (χ1n) is 7.72. The standard InChI is InChI=1S/C15H28N2O2/c1-15(2)9-6-10-16-13(15)14(19)17-11-7-4-3-5-8-12(11)18/h11-13,16,18H,3-10H2,1-2H3,(H,17,19). The molecule has 4 nitrogen and oxygen atoms in total. The summed E-state index contributed by atoms with van der Waals surface area (Å²) in [6.07, 6.45) is 6.87. The van der Waals surface area contributed by atoms with Gasteiger partial charge in [-0.25, -0.2) is 0 Å². The normalized spacial score (nSPS) is 35.4. The number of nitrogens with one attached hydrogen (secondary N) is 2. The van der Waals surface area contributed by atoms with E-state index < -0.39 is 0 Å². The maximum Gasteiger partial charge on any atom is 0.237 e. The van der Waals surface area contributed by atoms with Crippen molar-refractivity contribution in [2.45, 2.75) is 77.0 Å². The average molecular weight is 268 g/mol. The summed E-state index contributed by atoms with van der Waals surface area (Å²) in [5.41, 5.74) is -0.00197. The zero-order valence-corrected chi connectivity index (χ0v) is 12.2. The third-order valence-electron chi connectivity index (χ3n) is 4.70. The summed E-state index contributed by atoms with van der Waals surface area (Å²) in [5.74, 6) is 0.0654. The highest BCUT2D eigenvalue weighted by molar-refractivity contribution is 5.83. The minimum absolute atomic E-state index is 0.00197. The third-order valence-corrected chi connectivity index (χ3v) is 4.70. The van der Waals surface area contributed by atoms with Crippen LogP contribution in [-0.4, -0.2) is 35.7 Å². The SMILES string of the molecule is CC1(C)CCCNC1C(=O)NC1CCCCCC1O. The number of amides is 1. The molecule has 1 heterocycles. The summed E-state index contributed by atoms with van der Waals surface area (Å²) in [6, 6.07) is -0.189. The monoisotopic (exact) mass is 268 g/mol. The van der Waals surface area contributed by atoms with Gasteiger partial charge in [-0.1, -0.05) is 33.1 Å². The van der Waals surface area contributed by atoms with E-state index >= 15 is 0 Å². The molecule has 110 valence electrons. The van der Waals surface area contributed by atoms with Crippen LogP contribution in [-0.2, 0) is 4.79 Å². The minimum Gasteiger partial charge on any atom is -0.391 e. The van der Waals surface area contributed by atoms with Gasteiger partial charge in [0.15, 0.2) is 0 Å². The number of aliphatic hydroxyl groups excluding tert-OH is 1. The fourth-order valence-electron chi connectivity index (χ4n) is 3.38. The Morgan fingerprint density at radius 3 is 2.68 bits per heavy atom. The second kappa shape index (κ2) is 6.23. The largest absolute Gasteiger partial charge is 0.391 e. The number of aliphatic hydroxyl groups is 1. The molecule has 3 N–H and O–H groups in total. The molecule has 0 aromatic rings. The maximum atomic E-state index is 12.5. The molecule has 0 aromatic heterocycles. The molecule has 2 fully saturated rings. The Hall–Kier alpha value is -0.610. The third kappa shape index (κ3) is 3.69. The van der Waals surface area contributed by atoms with E-state index in [0.717, 1.165) is 51.5 Å². The van der Waals surface area contributed by atoms with Crippen LogP contribution in [0.3, 0.4) is 0 Å². The van der Waals surface area contributed by atoms with Crippen LogP contribution in [0.1, 0.15) is 58.8 Å². The van der Waals surface area contributed by atoms with E-state index in [1.807, 2.05) is 0 Å². The molecule has 3 unspecified atom stereocenters. The summed E-state index contributed by atoms with van der Waals surface area (Å²) in [7, 11) is 0. The van der Waals surface area contributed by atoms with Gasteiger partial charge >= 0.3 is 0 Å². The van der Waals surface area contributed by atoms with Crippen LogP contribution in [0.5, 0.6) is 0 Å². The number of hydrogen-bond acceptors (Lipinski definition) is 3. The molecule has 1 amide bonds. The topological polar surface area (TPSA) is 61.4 Å². The average Bonchev–Trinajstić information content (AvgIpc) is 2.54. The van der Waals surface area contributed by atoms with Gasteiger partial charge in [-0.05, 0) is 37.6 Å². The fraction of sp³-hybridized carbons (Fsp3) is 0.933. The molecular formula is C15H28N2O2. The van der Waals surface area contributed by atoms with E-state index in [-0.39, 0.29) is 29.5 Å². The van der Waals surface area contributed by atoms with Gasteiger partial charge in [0.1, 0.15) is 0 Å². The molecule has 19 heavy (non-hydrogen) atoms. The Labute approximate surface area is 116 Å². The molecule has 0 radical (unpaired) electrons. The molecular weight excluding hydrogens is 240 g/mol. The van der Waals surface area contributed by atoms with Crippen LogP contribution in [0.15, 0.2) is 0 Å². The summed E-state index contributed by atoms with van der Waals surface area (Å²) in [5, 5.41) is 16.5. The van der Waals surface area contributed by atoms with Crippen molar-refractivity contribution in [1.82, 2.24) is 10.6 Å². The number of rotatable bonds is 2. The van der Waals surface area contributed by atoms with Gasteiger partial charge in [0.2, 0.25) is 5.91 Å². The van der Waals surface area contributed by atoms with E-state index in [0.29, 0.717) is 0 Å². The van der Waals surface area contributed by atoms with E-state index in [1.165, 1.54) is 0 Å². The van der Waals surface area contributed by atoms with Gasteiger partial charge in [0.25, 0.3) is 0 Å². The lowest BCUT2D eigenvalue weighted by Gasteiger charge is -2.39. The summed E-state index contributed by atoms with van der Waals surface area (Å²) in [4.78, 5) is 12.5. The molecule has 1 saturated carbocycles. The molecule has 1 aliphatic carbocycles. The Morgan fingerprint density at radius 1 is 1.21 bits per heavy atom. The van der Waals surface area contributed by atoms with Crippen LogP contribution in [0.25, 0.3) is 0 Å². The molecule has 2 aliphatic rings. The van der Waals surface area contributed by atoms with Crippen LogP contribution in [0, 0.1) is 5.41 Å². The smallest absolute Gasteiger partial charge is 0.237 e. The van der Waals surface area contributed by atoms with E-state index in [2.05, 4.69) is 24.5 Å². The minimum atomic E-state index is -0.377. The first-order chi connectivity index (χ1) is 9.00. The van der Waals surface area contributed by atoms with Crippen molar-refractivity contribution in [2.75, 3.05) is 6.54 Å². The van der Waals surface area contributed by atoms with Crippen LogP contribution < -0.4 is 10.6 Å². The molecule has 3 atom stereocenters. The van der Waals surface area contributed by atoms with Crippen LogP contribution in [0.4, 0.5) is 0 Å². The second-order valence-corrected chi connectivity index (χ2v) is 6.80. The lowest BCUT2D eigenvalue weighted by atomic mass is 9.77. The molecule has 0 spiro atoms. The van der Waals surface area contributed by atoms with Crippen molar-refractivity contribution in [3.05, 3.63) is 0 Å². The van der Waals surface area contributed by atoms with Gasteiger partial charge in [-0.2, -0.15) is 0 Å². The highest BCUT2D eigenvalue weighted by atomic mass is 16.3. The molecule has 0 bridgehead atoms.